The average molecular weight is 783 g/mol. The summed E-state index contributed by atoms with van der Waals surface area (Å²) in [6, 6.07) is 24.2. The van der Waals surface area contributed by atoms with E-state index in [1.807, 2.05) is 7.11 Å². The van der Waals surface area contributed by atoms with E-state index in [4.69, 9.17) is 4.74 Å². The quantitative estimate of drug-likeness (QED) is 0.142. The molecule has 0 N–H and O–H groups in total. The van der Waals surface area contributed by atoms with Crippen molar-refractivity contribution < 1.29 is 4.74 Å². The van der Waals surface area contributed by atoms with Crippen LogP contribution in [0.3, 0.4) is 0 Å². The zero-order valence-corrected chi connectivity index (χ0v) is 39.0. The van der Waals surface area contributed by atoms with E-state index in [9.17, 15) is 0 Å². The lowest BCUT2D eigenvalue weighted by molar-refractivity contribution is 0.399. The predicted octanol–water partition coefficient (Wildman–Crippen LogP) is 15.6. The minimum absolute atomic E-state index is 0.0921. The minimum Gasteiger partial charge on any atom is -0.496 e. The number of rotatable bonds is 8. The number of hydrogen-bond acceptors (Lipinski definition) is 1. The Morgan fingerprint density at radius 1 is 0.603 bits per heavy atom. The molecule has 0 saturated carbocycles. The van der Waals surface area contributed by atoms with E-state index in [0.717, 1.165) is 31.4 Å². The van der Waals surface area contributed by atoms with E-state index in [0.29, 0.717) is 11.1 Å². The number of methoxy groups -OCH3 is 1. The highest BCUT2D eigenvalue weighted by Gasteiger charge is 2.50. The Bertz CT molecular complexity index is 2500. The molecule has 58 heavy (non-hydrogen) atoms. The molecule has 8 rings (SSSR count). The maximum atomic E-state index is 6.51. The first kappa shape index (κ1) is 40.4. The molecule has 3 aliphatic rings. The molecule has 0 spiro atoms. The fourth-order valence-corrected chi connectivity index (χ4v) is 16.9. The van der Waals surface area contributed by atoms with Crippen molar-refractivity contribution >= 4 is 20.2 Å². The molecule has 5 aromatic rings. The molecule has 2 unspecified atom stereocenters. The fraction of sp³-hybridized carbons (Fsp3) is 0.393. The van der Waals surface area contributed by atoms with Gasteiger partial charge in [0, 0.05) is 22.2 Å². The smallest absolute Gasteiger partial charge is 0.131 e. The van der Waals surface area contributed by atoms with E-state index >= 15 is 0 Å². The van der Waals surface area contributed by atoms with Crippen molar-refractivity contribution in [2.45, 2.75) is 138 Å². The highest BCUT2D eigenvalue weighted by Crippen LogP contribution is 2.60. The molecule has 0 bridgehead atoms. The normalized spacial score (nSPS) is 17.3. The molecule has 3 aliphatic carbocycles. The molecule has 0 aromatic heterocycles. The topological polar surface area (TPSA) is 9.23 Å². The standard InChI is InChI=1S/C56H66OSi/c1-15-17-39-30-45-46(31-48(56(9,10)11)53(57-12)51(45)42-27-36(6)22-37(7)28-42)55(39)58(13,14)54-38(8)29-47-49(40-23-32(2)20-33(3)24-40)43-18-16-19-44(43)50(52(47)54)41-25-34(4)21-35(5)26-41/h20-31,54-55H,15-19H2,1-14H3. The van der Waals surface area contributed by atoms with Crippen molar-refractivity contribution in [2.24, 2.45) is 0 Å². The molecule has 300 valence electrons. The second-order valence-corrected chi connectivity index (χ2v) is 24.9. The number of allylic oxidation sites excluding steroid dienone is 2. The van der Waals surface area contributed by atoms with Gasteiger partial charge in [-0.1, -0.05) is 165 Å². The van der Waals surface area contributed by atoms with Crippen LogP contribution < -0.4 is 4.74 Å². The summed E-state index contributed by atoms with van der Waals surface area (Å²) in [5.41, 5.74) is 30.8. The van der Waals surface area contributed by atoms with E-state index in [2.05, 4.69) is 162 Å². The van der Waals surface area contributed by atoms with Gasteiger partial charge in [0.1, 0.15) is 5.75 Å². The Kier molecular flexibility index (Phi) is 10.2. The lowest BCUT2D eigenvalue weighted by atomic mass is 9.81. The zero-order valence-electron chi connectivity index (χ0n) is 38.0. The summed E-state index contributed by atoms with van der Waals surface area (Å²) < 4.78 is 6.51. The Morgan fingerprint density at radius 3 is 1.57 bits per heavy atom. The molecule has 0 saturated heterocycles. The monoisotopic (exact) mass is 782 g/mol. The first-order chi connectivity index (χ1) is 27.4. The molecular weight excluding hydrogens is 717 g/mol. The van der Waals surface area contributed by atoms with Gasteiger partial charge in [0.05, 0.1) is 15.2 Å². The number of benzene rings is 5. The van der Waals surface area contributed by atoms with Crippen molar-refractivity contribution in [1.82, 2.24) is 0 Å². The van der Waals surface area contributed by atoms with Gasteiger partial charge in [0.15, 0.2) is 0 Å². The van der Waals surface area contributed by atoms with Gasteiger partial charge in [0.25, 0.3) is 0 Å². The number of fused-ring (bicyclic) bond motifs is 3. The van der Waals surface area contributed by atoms with Gasteiger partial charge in [-0.25, -0.2) is 0 Å². The van der Waals surface area contributed by atoms with Crippen molar-refractivity contribution in [1.29, 1.82) is 0 Å². The van der Waals surface area contributed by atoms with Crippen LogP contribution in [0.4, 0.5) is 0 Å². The van der Waals surface area contributed by atoms with Crippen LogP contribution in [-0.4, -0.2) is 15.2 Å². The first-order valence-electron chi connectivity index (χ1n) is 22.0. The summed E-state index contributed by atoms with van der Waals surface area (Å²) >= 11 is 0. The molecule has 5 aromatic carbocycles. The summed E-state index contributed by atoms with van der Waals surface area (Å²) in [5.74, 6) is 1.04. The van der Waals surface area contributed by atoms with Crippen molar-refractivity contribution in [3.63, 3.8) is 0 Å². The third-order valence-electron chi connectivity index (χ3n) is 13.7. The molecule has 0 radical (unpaired) electrons. The zero-order chi connectivity index (χ0) is 41.6. The van der Waals surface area contributed by atoms with Gasteiger partial charge < -0.3 is 4.74 Å². The Hall–Kier alpha value is -4.40. The predicted molar refractivity (Wildman–Crippen MR) is 254 cm³/mol. The van der Waals surface area contributed by atoms with E-state index in [1.165, 1.54) is 89.9 Å². The van der Waals surface area contributed by atoms with Crippen molar-refractivity contribution in [2.75, 3.05) is 7.11 Å². The molecule has 2 atom stereocenters. The van der Waals surface area contributed by atoms with Crippen LogP contribution in [0.25, 0.3) is 45.5 Å². The molecule has 1 nitrogen and oxygen atoms in total. The summed E-state index contributed by atoms with van der Waals surface area (Å²) in [5, 5.41) is 0. The Labute approximate surface area is 351 Å². The molecule has 0 aliphatic heterocycles. The van der Waals surface area contributed by atoms with Gasteiger partial charge in [-0.3, -0.25) is 0 Å². The van der Waals surface area contributed by atoms with Gasteiger partial charge in [-0.05, 0) is 141 Å². The van der Waals surface area contributed by atoms with Gasteiger partial charge in [-0.2, -0.15) is 0 Å². The second-order valence-electron chi connectivity index (χ2n) is 20.1. The molecule has 2 heteroatoms. The highest BCUT2D eigenvalue weighted by atomic mass is 28.3. The summed E-state index contributed by atoms with van der Waals surface area (Å²) in [7, 11) is -0.422. The molecular formula is C56H66OSi. The Balaban J connectivity index is 1.45. The van der Waals surface area contributed by atoms with Crippen LogP contribution in [0.2, 0.25) is 13.1 Å². The number of ether oxygens (including phenoxy) is 1. The van der Waals surface area contributed by atoms with E-state index in [-0.39, 0.29) is 5.41 Å². The van der Waals surface area contributed by atoms with Crippen LogP contribution in [0.15, 0.2) is 71.8 Å². The Morgan fingerprint density at radius 2 is 1.09 bits per heavy atom. The third kappa shape index (κ3) is 6.68. The molecule has 0 heterocycles. The maximum Gasteiger partial charge on any atom is 0.131 e. The first-order valence-corrected chi connectivity index (χ1v) is 25.2. The summed E-state index contributed by atoms with van der Waals surface area (Å²) in [4.78, 5) is 0. The van der Waals surface area contributed by atoms with Crippen molar-refractivity contribution in [3.8, 4) is 39.1 Å². The van der Waals surface area contributed by atoms with Crippen molar-refractivity contribution in [3.05, 3.63) is 144 Å². The lowest BCUT2D eigenvalue weighted by Crippen LogP contribution is -2.43. The fourth-order valence-electron chi connectivity index (χ4n) is 12.0. The highest BCUT2D eigenvalue weighted by molar-refractivity contribution is 6.82. The van der Waals surface area contributed by atoms with Crippen LogP contribution in [0.1, 0.15) is 137 Å². The summed E-state index contributed by atoms with van der Waals surface area (Å²) in [6.07, 6.45) is 11.1. The maximum absolute atomic E-state index is 6.51. The number of hydrogen-bond donors (Lipinski definition) is 0. The lowest BCUT2D eigenvalue weighted by Gasteiger charge is -2.41. The van der Waals surface area contributed by atoms with Crippen LogP contribution in [-0.2, 0) is 18.3 Å². The number of aryl methyl sites for hydroxylation is 6. The van der Waals surface area contributed by atoms with E-state index < -0.39 is 8.07 Å². The second kappa shape index (κ2) is 14.7. The van der Waals surface area contributed by atoms with Crippen LogP contribution in [0, 0.1) is 41.5 Å². The average Bonchev–Trinajstić information content (AvgIpc) is 3.83. The molecule has 0 amide bonds. The van der Waals surface area contributed by atoms with Crippen LogP contribution in [0.5, 0.6) is 5.75 Å². The van der Waals surface area contributed by atoms with Gasteiger partial charge >= 0.3 is 0 Å². The minimum atomic E-state index is -2.31. The van der Waals surface area contributed by atoms with Gasteiger partial charge in [-0.15, -0.1) is 0 Å². The van der Waals surface area contributed by atoms with Crippen LogP contribution >= 0.6 is 0 Å². The molecule has 0 fully saturated rings. The largest absolute Gasteiger partial charge is 0.496 e. The SMILES string of the molecule is CCCC1=Cc2c(cc(C(C)(C)C)c(OC)c2-c2cc(C)cc(C)c2)C1[Si](C)(C)C1C(C)=Cc2c(-c3cc(C)cc(C)c3)c3c(c(-c4cc(C)cc(C)c4)c21)CCC3. The van der Waals surface area contributed by atoms with Gasteiger partial charge in [0.2, 0.25) is 0 Å². The third-order valence-corrected chi connectivity index (χ3v) is 18.1. The van der Waals surface area contributed by atoms with E-state index in [1.54, 1.807) is 33.4 Å². The summed E-state index contributed by atoms with van der Waals surface area (Å²) in [6.45, 7) is 31.0.